The summed E-state index contributed by atoms with van der Waals surface area (Å²) in [5.41, 5.74) is 20.6. The van der Waals surface area contributed by atoms with Crippen LogP contribution in [0.3, 0.4) is 0 Å². The third-order valence-corrected chi connectivity index (χ3v) is 9.43. The zero-order valence-corrected chi connectivity index (χ0v) is 26.0. The van der Waals surface area contributed by atoms with Gasteiger partial charge in [-0.15, -0.1) is 0 Å². The number of fused-ring (bicyclic) bond motifs is 4. The molecule has 0 fully saturated rings. The molecule has 0 aromatic heterocycles. The van der Waals surface area contributed by atoms with Gasteiger partial charge in [-0.3, -0.25) is 0 Å². The quantitative estimate of drug-likeness (QED) is 0.197. The highest BCUT2D eigenvalue weighted by molar-refractivity contribution is 7.00. The number of para-hydroxylation sites is 3. The van der Waals surface area contributed by atoms with Gasteiger partial charge < -0.3 is 9.80 Å². The van der Waals surface area contributed by atoms with Crippen LogP contribution in [-0.2, 0) is 0 Å². The molecule has 44 heavy (non-hydrogen) atoms. The van der Waals surface area contributed by atoms with Crippen molar-refractivity contribution in [3.8, 4) is 11.1 Å². The van der Waals surface area contributed by atoms with E-state index in [4.69, 9.17) is 0 Å². The molecule has 0 amide bonds. The van der Waals surface area contributed by atoms with Crippen LogP contribution in [0.1, 0.15) is 27.8 Å². The van der Waals surface area contributed by atoms with E-state index >= 15 is 0 Å². The maximum Gasteiger partial charge on any atom is 0.252 e. The Bertz CT molecular complexity index is 2060. The van der Waals surface area contributed by atoms with Crippen LogP contribution in [0.25, 0.3) is 11.1 Å². The molecular weight excluding hydrogens is 531 g/mol. The highest BCUT2D eigenvalue weighted by Gasteiger charge is 2.44. The van der Waals surface area contributed by atoms with Gasteiger partial charge in [0.05, 0.1) is 0 Å². The average molecular weight is 567 g/mol. The van der Waals surface area contributed by atoms with Crippen molar-refractivity contribution in [3.63, 3.8) is 0 Å². The molecule has 0 saturated carbocycles. The van der Waals surface area contributed by atoms with Crippen LogP contribution in [0.4, 0.5) is 34.1 Å². The normalized spacial score (nSPS) is 13.0. The number of hydrogen-bond acceptors (Lipinski definition) is 2. The maximum atomic E-state index is 2.52. The second kappa shape index (κ2) is 10.0. The van der Waals surface area contributed by atoms with E-state index in [1.165, 1.54) is 89.5 Å². The number of rotatable bonds is 3. The zero-order valence-electron chi connectivity index (χ0n) is 26.0. The molecule has 2 aliphatic heterocycles. The van der Waals surface area contributed by atoms with Crippen molar-refractivity contribution in [2.75, 3.05) is 9.80 Å². The second-order valence-corrected chi connectivity index (χ2v) is 12.6. The molecule has 0 unspecified atom stereocenters. The molecule has 212 valence electrons. The molecule has 2 aliphatic rings. The molecular formula is C41H35BN2. The van der Waals surface area contributed by atoms with Gasteiger partial charge in [-0.25, -0.2) is 0 Å². The van der Waals surface area contributed by atoms with Crippen LogP contribution in [0.15, 0.2) is 121 Å². The summed E-state index contributed by atoms with van der Waals surface area (Å²) in [4.78, 5) is 5.01. The van der Waals surface area contributed by atoms with E-state index < -0.39 is 0 Å². The third kappa shape index (κ3) is 3.96. The smallest absolute Gasteiger partial charge is 0.252 e. The Morgan fingerprint density at radius 1 is 0.432 bits per heavy atom. The Morgan fingerprint density at radius 2 is 0.909 bits per heavy atom. The first-order valence-electron chi connectivity index (χ1n) is 15.6. The minimum absolute atomic E-state index is 0.126. The fourth-order valence-corrected chi connectivity index (χ4v) is 7.95. The summed E-state index contributed by atoms with van der Waals surface area (Å²) >= 11 is 0. The molecule has 6 aromatic carbocycles. The van der Waals surface area contributed by atoms with Crippen LogP contribution >= 0.6 is 0 Å². The fourth-order valence-electron chi connectivity index (χ4n) is 7.95. The molecule has 0 spiro atoms. The van der Waals surface area contributed by atoms with Gasteiger partial charge in [0.1, 0.15) is 0 Å². The molecule has 3 heteroatoms. The Morgan fingerprint density at radius 3 is 1.52 bits per heavy atom. The third-order valence-electron chi connectivity index (χ3n) is 9.43. The van der Waals surface area contributed by atoms with Crippen LogP contribution < -0.4 is 26.2 Å². The standard InChI is InChI=1S/C41H35BN2/c1-26-20-28(3)39(29(4)21-26)31-24-37-41-38(25-31)44(33-16-10-7-11-17-33)36-23-27(2)22-30(5)40(36)42(41)34-18-12-13-19-35(34)43(37)32-14-8-6-9-15-32/h6-25H,1-5H3. The predicted molar refractivity (Wildman–Crippen MR) is 190 cm³/mol. The largest absolute Gasteiger partial charge is 0.311 e. The van der Waals surface area contributed by atoms with Crippen LogP contribution in [0.5, 0.6) is 0 Å². The van der Waals surface area contributed by atoms with Gasteiger partial charge in [0, 0.05) is 34.1 Å². The molecule has 2 nitrogen and oxygen atoms in total. The summed E-state index contributed by atoms with van der Waals surface area (Å²) in [6.45, 7) is 11.3. The fraction of sp³-hybridized carbons (Fsp3) is 0.122. The van der Waals surface area contributed by atoms with E-state index in [0.717, 1.165) is 0 Å². The summed E-state index contributed by atoms with van der Waals surface area (Å²) in [7, 11) is 0. The Balaban J connectivity index is 1.55. The zero-order chi connectivity index (χ0) is 30.1. The predicted octanol–water partition coefficient (Wildman–Crippen LogP) is 8.98. The molecule has 0 aliphatic carbocycles. The van der Waals surface area contributed by atoms with Gasteiger partial charge in [0.15, 0.2) is 0 Å². The summed E-state index contributed by atoms with van der Waals surface area (Å²) in [6.07, 6.45) is 0. The van der Waals surface area contributed by atoms with Crippen molar-refractivity contribution in [1.82, 2.24) is 0 Å². The molecule has 0 N–H and O–H groups in total. The summed E-state index contributed by atoms with van der Waals surface area (Å²) in [5, 5.41) is 0. The van der Waals surface area contributed by atoms with E-state index in [-0.39, 0.29) is 6.71 Å². The van der Waals surface area contributed by atoms with E-state index in [1.807, 2.05) is 0 Å². The monoisotopic (exact) mass is 566 g/mol. The highest BCUT2D eigenvalue weighted by Crippen LogP contribution is 2.46. The average Bonchev–Trinajstić information content (AvgIpc) is 3.01. The Hall–Kier alpha value is -5.02. The highest BCUT2D eigenvalue weighted by atomic mass is 15.2. The molecule has 8 rings (SSSR count). The SMILES string of the molecule is Cc1cc(C)c(-c2cc3c4c(c2)N(c2ccccc2)c2cc(C)cc(C)c2B4c2ccccc2N3c2ccccc2)c(C)c1. The molecule has 6 aromatic rings. The van der Waals surface area contributed by atoms with Gasteiger partial charge in [0.25, 0.3) is 6.71 Å². The minimum atomic E-state index is 0.126. The topological polar surface area (TPSA) is 6.48 Å². The number of hydrogen-bond donors (Lipinski definition) is 0. The first-order valence-corrected chi connectivity index (χ1v) is 15.6. The van der Waals surface area contributed by atoms with Crippen molar-refractivity contribution in [2.45, 2.75) is 34.6 Å². The number of nitrogens with zero attached hydrogens (tertiary/aromatic N) is 2. The summed E-state index contributed by atoms with van der Waals surface area (Å²) in [5.74, 6) is 0. The number of anilines is 6. The van der Waals surface area contributed by atoms with Crippen molar-refractivity contribution in [2.24, 2.45) is 0 Å². The van der Waals surface area contributed by atoms with Gasteiger partial charge in [-0.1, -0.05) is 83.9 Å². The number of aryl methyl sites for hydroxylation is 5. The first-order chi connectivity index (χ1) is 21.4. The lowest BCUT2D eigenvalue weighted by molar-refractivity contribution is 1.24. The summed E-state index contributed by atoms with van der Waals surface area (Å²) in [6, 6.07) is 45.1. The van der Waals surface area contributed by atoms with Crippen LogP contribution in [-0.4, -0.2) is 6.71 Å². The van der Waals surface area contributed by atoms with Crippen molar-refractivity contribution < 1.29 is 0 Å². The van der Waals surface area contributed by atoms with Gasteiger partial charge in [-0.05, 0) is 127 Å². The van der Waals surface area contributed by atoms with E-state index in [2.05, 4.69) is 166 Å². The van der Waals surface area contributed by atoms with E-state index in [0.29, 0.717) is 0 Å². The van der Waals surface area contributed by atoms with E-state index in [1.54, 1.807) is 0 Å². The first kappa shape index (κ1) is 26.6. The molecule has 0 radical (unpaired) electrons. The second-order valence-electron chi connectivity index (χ2n) is 12.6. The molecule has 0 bridgehead atoms. The van der Waals surface area contributed by atoms with Crippen LogP contribution in [0, 0.1) is 34.6 Å². The lowest BCUT2D eigenvalue weighted by atomic mass is 9.32. The lowest BCUT2D eigenvalue weighted by Gasteiger charge is -2.45. The maximum absolute atomic E-state index is 2.52. The number of benzene rings is 6. The van der Waals surface area contributed by atoms with E-state index in [9.17, 15) is 0 Å². The lowest BCUT2D eigenvalue weighted by Crippen LogP contribution is -2.62. The summed E-state index contributed by atoms with van der Waals surface area (Å²) < 4.78 is 0. The minimum Gasteiger partial charge on any atom is -0.311 e. The van der Waals surface area contributed by atoms with Crippen molar-refractivity contribution >= 4 is 57.2 Å². The van der Waals surface area contributed by atoms with Crippen molar-refractivity contribution in [1.29, 1.82) is 0 Å². The van der Waals surface area contributed by atoms with Gasteiger partial charge in [0.2, 0.25) is 0 Å². The molecule has 0 saturated heterocycles. The molecule has 2 heterocycles. The Labute approximate surface area is 261 Å². The van der Waals surface area contributed by atoms with Gasteiger partial charge >= 0.3 is 0 Å². The van der Waals surface area contributed by atoms with Crippen molar-refractivity contribution in [3.05, 3.63) is 149 Å². The van der Waals surface area contributed by atoms with Gasteiger partial charge in [-0.2, -0.15) is 0 Å². The molecule has 0 atom stereocenters. The Kier molecular flexibility index (Phi) is 6.06. The van der Waals surface area contributed by atoms with Crippen LogP contribution in [0.2, 0.25) is 0 Å².